The van der Waals surface area contributed by atoms with Gasteiger partial charge in [-0.15, -0.1) is 0 Å². The van der Waals surface area contributed by atoms with Gasteiger partial charge >= 0.3 is 0 Å². The van der Waals surface area contributed by atoms with E-state index in [0.29, 0.717) is 37.5 Å². The average molecular weight is 265 g/mol. The molecule has 0 unspecified atom stereocenters. The van der Waals surface area contributed by atoms with Gasteiger partial charge in [-0.2, -0.15) is 0 Å². The number of carbonyl (C=O) groups excluding carboxylic acids is 1. The fourth-order valence-corrected chi connectivity index (χ4v) is 3.90. The average Bonchev–Trinajstić information content (AvgIpc) is 3.21. The minimum Gasteiger partial charge on any atom is -0.376 e. The molecule has 106 valence electrons. The molecule has 0 bridgehead atoms. The highest BCUT2D eigenvalue weighted by Crippen LogP contribution is 2.55. The van der Waals surface area contributed by atoms with Crippen molar-refractivity contribution >= 4 is 5.91 Å². The van der Waals surface area contributed by atoms with Crippen LogP contribution in [0.15, 0.2) is 0 Å². The summed E-state index contributed by atoms with van der Waals surface area (Å²) < 4.78 is 11.6. The molecule has 0 aromatic carbocycles. The van der Waals surface area contributed by atoms with Crippen molar-refractivity contribution in [3.8, 4) is 0 Å². The van der Waals surface area contributed by atoms with E-state index in [2.05, 4.69) is 18.7 Å². The van der Waals surface area contributed by atoms with Gasteiger partial charge in [0.1, 0.15) is 6.10 Å². The number of morpholine rings is 1. The second-order valence-electron chi connectivity index (χ2n) is 7.33. The lowest BCUT2D eigenvalue weighted by Crippen LogP contribution is -2.60. The molecule has 2 saturated heterocycles. The Morgan fingerprint density at radius 1 is 1.26 bits per heavy atom. The minimum atomic E-state index is -0.242. The van der Waals surface area contributed by atoms with Crippen molar-refractivity contribution in [3.05, 3.63) is 0 Å². The standard InChI is InChI=1S/C15H23NO3/c1-15(2)8-16(12-6-18-7-13(12)19-15)14(17)11-5-10(11)9-3-4-9/h9-13H,3-8H2,1-2H3/t10-,11+,12+,13+/m0/s1. The summed E-state index contributed by atoms with van der Waals surface area (Å²) in [5.74, 6) is 2.23. The van der Waals surface area contributed by atoms with E-state index in [1.807, 2.05) is 0 Å². The zero-order valence-corrected chi connectivity index (χ0v) is 11.8. The highest BCUT2D eigenvalue weighted by molar-refractivity contribution is 5.82. The zero-order chi connectivity index (χ0) is 13.2. The molecule has 4 aliphatic rings. The lowest BCUT2D eigenvalue weighted by molar-refractivity contribution is -0.170. The van der Waals surface area contributed by atoms with Gasteiger partial charge in [0.15, 0.2) is 0 Å². The fraction of sp³-hybridized carbons (Fsp3) is 0.933. The molecule has 2 heterocycles. The highest BCUT2D eigenvalue weighted by Gasteiger charge is 2.55. The third-order valence-electron chi connectivity index (χ3n) is 5.09. The van der Waals surface area contributed by atoms with Crippen LogP contribution in [0.2, 0.25) is 0 Å². The molecule has 4 rings (SSSR count). The maximum Gasteiger partial charge on any atom is 0.226 e. The second kappa shape index (κ2) is 3.95. The van der Waals surface area contributed by atoms with Crippen LogP contribution in [0.3, 0.4) is 0 Å². The number of rotatable bonds is 2. The third kappa shape index (κ3) is 2.09. The van der Waals surface area contributed by atoms with Crippen LogP contribution in [-0.4, -0.2) is 48.3 Å². The van der Waals surface area contributed by atoms with Crippen molar-refractivity contribution in [3.63, 3.8) is 0 Å². The molecule has 4 nitrogen and oxygen atoms in total. The third-order valence-corrected chi connectivity index (χ3v) is 5.09. The quantitative estimate of drug-likeness (QED) is 0.758. The fourth-order valence-electron chi connectivity index (χ4n) is 3.90. The molecule has 4 fully saturated rings. The summed E-state index contributed by atoms with van der Waals surface area (Å²) in [5.41, 5.74) is -0.242. The summed E-state index contributed by atoms with van der Waals surface area (Å²) in [6.45, 7) is 6.15. The van der Waals surface area contributed by atoms with Crippen LogP contribution >= 0.6 is 0 Å². The Morgan fingerprint density at radius 3 is 2.79 bits per heavy atom. The Morgan fingerprint density at radius 2 is 2.05 bits per heavy atom. The number of amides is 1. The first kappa shape index (κ1) is 12.2. The van der Waals surface area contributed by atoms with Crippen LogP contribution in [0.5, 0.6) is 0 Å². The van der Waals surface area contributed by atoms with Crippen molar-refractivity contribution in [2.75, 3.05) is 19.8 Å². The van der Waals surface area contributed by atoms with Gasteiger partial charge < -0.3 is 14.4 Å². The predicted octanol–water partition coefficient (Wildman–Crippen LogP) is 1.44. The van der Waals surface area contributed by atoms with Crippen molar-refractivity contribution in [1.29, 1.82) is 0 Å². The molecule has 0 spiro atoms. The number of carbonyl (C=O) groups is 1. The molecule has 2 aliphatic heterocycles. The van der Waals surface area contributed by atoms with Crippen LogP contribution in [0.1, 0.15) is 33.1 Å². The molecule has 1 amide bonds. The van der Waals surface area contributed by atoms with Crippen molar-refractivity contribution in [1.82, 2.24) is 4.90 Å². The topological polar surface area (TPSA) is 38.8 Å². The number of nitrogens with zero attached hydrogens (tertiary/aromatic N) is 1. The maximum absolute atomic E-state index is 12.7. The second-order valence-corrected chi connectivity index (χ2v) is 7.33. The van der Waals surface area contributed by atoms with Gasteiger partial charge in [0, 0.05) is 12.5 Å². The summed E-state index contributed by atoms with van der Waals surface area (Å²) in [6, 6.07) is 0.154. The van der Waals surface area contributed by atoms with E-state index in [9.17, 15) is 4.79 Å². The summed E-state index contributed by atoms with van der Waals surface area (Å²) >= 11 is 0. The Bertz CT molecular complexity index is 404. The summed E-state index contributed by atoms with van der Waals surface area (Å²) in [7, 11) is 0. The molecule has 0 aromatic heterocycles. The monoisotopic (exact) mass is 265 g/mol. The molecule has 0 radical (unpaired) electrons. The molecule has 19 heavy (non-hydrogen) atoms. The van der Waals surface area contributed by atoms with E-state index < -0.39 is 0 Å². The van der Waals surface area contributed by atoms with Crippen LogP contribution in [0.25, 0.3) is 0 Å². The smallest absolute Gasteiger partial charge is 0.226 e. The lowest BCUT2D eigenvalue weighted by Gasteiger charge is -2.45. The van der Waals surface area contributed by atoms with E-state index in [1.165, 1.54) is 12.8 Å². The lowest BCUT2D eigenvalue weighted by atomic mass is 10.00. The predicted molar refractivity (Wildman–Crippen MR) is 69.6 cm³/mol. The van der Waals surface area contributed by atoms with Crippen LogP contribution in [0, 0.1) is 17.8 Å². The van der Waals surface area contributed by atoms with Crippen molar-refractivity contribution in [2.24, 2.45) is 17.8 Å². The first-order valence-corrected chi connectivity index (χ1v) is 7.61. The largest absolute Gasteiger partial charge is 0.376 e. The van der Waals surface area contributed by atoms with E-state index in [0.717, 1.165) is 12.3 Å². The molecule has 2 saturated carbocycles. The van der Waals surface area contributed by atoms with Gasteiger partial charge in [0.25, 0.3) is 0 Å². The Kier molecular flexibility index (Phi) is 2.53. The van der Waals surface area contributed by atoms with Crippen molar-refractivity contribution in [2.45, 2.75) is 50.9 Å². The molecular weight excluding hydrogens is 242 g/mol. The van der Waals surface area contributed by atoms with Gasteiger partial charge in [-0.25, -0.2) is 0 Å². The van der Waals surface area contributed by atoms with E-state index in [1.54, 1.807) is 0 Å². The Balaban J connectivity index is 1.50. The molecule has 4 heteroatoms. The van der Waals surface area contributed by atoms with Crippen LogP contribution < -0.4 is 0 Å². The number of ether oxygens (including phenoxy) is 2. The Labute approximate surface area is 114 Å². The summed E-state index contributed by atoms with van der Waals surface area (Å²) in [5, 5.41) is 0. The molecule has 0 aromatic rings. The SMILES string of the molecule is CC1(C)CN(C(=O)[C@@H]2C[C@H]2C2CC2)[C@@H]2COC[C@H]2O1. The molecular formula is C15H23NO3. The van der Waals surface area contributed by atoms with Crippen molar-refractivity contribution < 1.29 is 14.3 Å². The zero-order valence-electron chi connectivity index (χ0n) is 11.8. The van der Waals surface area contributed by atoms with E-state index in [4.69, 9.17) is 9.47 Å². The van der Waals surface area contributed by atoms with Gasteiger partial charge in [-0.05, 0) is 44.9 Å². The van der Waals surface area contributed by atoms with Gasteiger partial charge in [-0.1, -0.05) is 0 Å². The summed E-state index contributed by atoms with van der Waals surface area (Å²) in [6.07, 6.45) is 3.89. The normalized spacial score (nSPS) is 44.0. The Hall–Kier alpha value is -0.610. The van der Waals surface area contributed by atoms with E-state index >= 15 is 0 Å². The van der Waals surface area contributed by atoms with Gasteiger partial charge in [0.2, 0.25) is 5.91 Å². The number of hydrogen-bond donors (Lipinski definition) is 0. The van der Waals surface area contributed by atoms with Crippen LogP contribution in [-0.2, 0) is 14.3 Å². The number of hydrogen-bond acceptors (Lipinski definition) is 3. The molecule has 2 aliphatic carbocycles. The molecule has 0 N–H and O–H groups in total. The van der Waals surface area contributed by atoms with Gasteiger partial charge in [-0.3, -0.25) is 4.79 Å². The van der Waals surface area contributed by atoms with E-state index in [-0.39, 0.29) is 17.7 Å². The van der Waals surface area contributed by atoms with Gasteiger partial charge in [0.05, 0.1) is 24.9 Å². The summed E-state index contributed by atoms with van der Waals surface area (Å²) in [4.78, 5) is 14.8. The first-order chi connectivity index (χ1) is 9.05. The number of fused-ring (bicyclic) bond motifs is 1. The first-order valence-electron chi connectivity index (χ1n) is 7.61. The maximum atomic E-state index is 12.7. The minimum absolute atomic E-state index is 0.0748. The molecule has 4 atom stereocenters. The van der Waals surface area contributed by atoms with Crippen LogP contribution in [0.4, 0.5) is 0 Å². The highest BCUT2D eigenvalue weighted by atomic mass is 16.6.